The van der Waals surface area contributed by atoms with Crippen LogP contribution >= 0.6 is 11.6 Å². The van der Waals surface area contributed by atoms with Crippen LogP contribution in [-0.4, -0.2) is 14.5 Å². The normalized spacial score (nSPS) is 11.1. The molecule has 3 N–H and O–H groups in total. The van der Waals surface area contributed by atoms with Crippen LogP contribution in [0.25, 0.3) is 6.08 Å². The fourth-order valence-electron chi connectivity index (χ4n) is 3.35. The Labute approximate surface area is 189 Å². The number of pyridine rings is 1. The molecule has 32 heavy (non-hydrogen) atoms. The van der Waals surface area contributed by atoms with E-state index < -0.39 is 11.2 Å². The molecule has 9 heteroatoms. The molecule has 0 bridgehead atoms. The van der Waals surface area contributed by atoms with Gasteiger partial charge in [0.25, 0.3) is 5.56 Å². The molecule has 0 fully saturated rings. The van der Waals surface area contributed by atoms with E-state index in [0.29, 0.717) is 16.9 Å². The predicted octanol–water partition coefficient (Wildman–Crippen LogP) is 3.98. The lowest BCUT2D eigenvalue weighted by Gasteiger charge is -2.19. The number of aromatic nitrogens is 3. The number of benzene rings is 1. The molecule has 0 atom stereocenters. The molecule has 3 aromatic rings. The van der Waals surface area contributed by atoms with E-state index >= 15 is 0 Å². The average molecular weight is 452 g/mol. The minimum atomic E-state index is -0.627. The standard InChI is InChI=1S/C23H22ClN5O3/c1-13(2)20-21(30)28-23(31)29(12-16-10-18(24)27-19(26)11-16)22(20)32-17-8-14(3)7-15(9-17)5-4-6-25/h4-5,7-11,13H,12H2,1-3H3,(H2,26,27)(H,28,30,31)/b5-4+. The maximum absolute atomic E-state index is 12.8. The highest BCUT2D eigenvalue weighted by Crippen LogP contribution is 2.29. The first kappa shape index (κ1) is 22.8. The van der Waals surface area contributed by atoms with Gasteiger partial charge in [0.15, 0.2) is 0 Å². The summed E-state index contributed by atoms with van der Waals surface area (Å²) < 4.78 is 7.47. The molecule has 3 rings (SSSR count). The maximum Gasteiger partial charge on any atom is 0.331 e. The smallest absolute Gasteiger partial charge is 0.331 e. The van der Waals surface area contributed by atoms with Gasteiger partial charge >= 0.3 is 5.69 Å². The number of anilines is 1. The SMILES string of the molecule is Cc1cc(/C=C/C#N)cc(Oc2c(C(C)C)c(=O)[nH]c(=O)n2Cc2cc(N)nc(Cl)c2)c1. The van der Waals surface area contributed by atoms with E-state index in [9.17, 15) is 9.59 Å². The number of H-pyrrole nitrogens is 1. The van der Waals surface area contributed by atoms with E-state index in [4.69, 9.17) is 27.3 Å². The minimum Gasteiger partial charge on any atom is -0.440 e. The van der Waals surface area contributed by atoms with E-state index in [1.165, 1.54) is 10.6 Å². The molecule has 2 heterocycles. The highest BCUT2D eigenvalue weighted by atomic mass is 35.5. The molecule has 0 unspecified atom stereocenters. The number of ether oxygens (including phenoxy) is 1. The quantitative estimate of drug-likeness (QED) is 0.431. The van der Waals surface area contributed by atoms with E-state index in [1.54, 1.807) is 30.3 Å². The molecule has 0 radical (unpaired) electrons. The Morgan fingerprint density at radius 1 is 1.28 bits per heavy atom. The monoisotopic (exact) mass is 451 g/mol. The Bertz CT molecular complexity index is 1330. The van der Waals surface area contributed by atoms with E-state index in [2.05, 4.69) is 9.97 Å². The Balaban J connectivity index is 2.18. The van der Waals surface area contributed by atoms with Crippen LogP contribution in [0.15, 0.2) is 46.0 Å². The van der Waals surface area contributed by atoms with Crippen molar-refractivity contribution in [2.45, 2.75) is 33.2 Å². The van der Waals surface area contributed by atoms with Gasteiger partial charge in [-0.05, 0) is 59.9 Å². The molecule has 164 valence electrons. The van der Waals surface area contributed by atoms with Crippen molar-refractivity contribution in [3.05, 3.63) is 84.7 Å². The zero-order chi connectivity index (χ0) is 23.4. The summed E-state index contributed by atoms with van der Waals surface area (Å²) in [5, 5.41) is 9.00. The Morgan fingerprint density at radius 3 is 2.69 bits per heavy atom. The van der Waals surface area contributed by atoms with Crippen molar-refractivity contribution >= 4 is 23.5 Å². The van der Waals surface area contributed by atoms with Gasteiger partial charge in [-0.25, -0.2) is 9.78 Å². The minimum absolute atomic E-state index is 0.0596. The van der Waals surface area contributed by atoms with Crippen LogP contribution in [0.4, 0.5) is 5.82 Å². The highest BCUT2D eigenvalue weighted by Gasteiger charge is 2.21. The molecule has 1 aromatic carbocycles. The number of aryl methyl sites for hydroxylation is 1. The second kappa shape index (κ2) is 9.54. The molecular formula is C23H22ClN5O3. The first-order chi connectivity index (χ1) is 15.2. The molecule has 0 aliphatic carbocycles. The van der Waals surface area contributed by atoms with Crippen molar-refractivity contribution in [1.82, 2.24) is 14.5 Å². The zero-order valence-electron chi connectivity index (χ0n) is 17.8. The van der Waals surface area contributed by atoms with Crippen molar-refractivity contribution in [2.75, 3.05) is 5.73 Å². The molecule has 2 aromatic heterocycles. The number of nitrogens with one attached hydrogen (secondary N) is 1. The zero-order valence-corrected chi connectivity index (χ0v) is 18.6. The lowest BCUT2D eigenvalue weighted by Crippen LogP contribution is -2.34. The molecule has 0 saturated heterocycles. The van der Waals surface area contributed by atoms with Crippen LogP contribution in [0.2, 0.25) is 5.15 Å². The van der Waals surface area contributed by atoms with Crippen molar-refractivity contribution in [1.29, 1.82) is 5.26 Å². The number of nitrogen functional groups attached to an aromatic ring is 1. The predicted molar refractivity (Wildman–Crippen MR) is 124 cm³/mol. The lowest BCUT2D eigenvalue weighted by molar-refractivity contribution is 0.410. The third kappa shape index (κ3) is 5.25. The molecule has 0 amide bonds. The summed E-state index contributed by atoms with van der Waals surface area (Å²) in [5.74, 6) is 0.537. The van der Waals surface area contributed by atoms with Gasteiger partial charge in [-0.15, -0.1) is 0 Å². The maximum atomic E-state index is 12.8. The van der Waals surface area contributed by atoms with Crippen LogP contribution in [0, 0.1) is 18.3 Å². The van der Waals surface area contributed by atoms with Crippen LogP contribution in [0.1, 0.15) is 42.0 Å². The number of nitrogens with zero attached hydrogens (tertiary/aromatic N) is 3. The number of nitrogens with two attached hydrogens (primary N) is 1. The fourth-order valence-corrected chi connectivity index (χ4v) is 3.59. The van der Waals surface area contributed by atoms with Gasteiger partial charge in [0.1, 0.15) is 16.7 Å². The second-order valence-electron chi connectivity index (χ2n) is 7.59. The molecule has 0 aliphatic heterocycles. The fraction of sp³-hybridized carbons (Fsp3) is 0.217. The van der Waals surface area contributed by atoms with E-state index in [-0.39, 0.29) is 29.3 Å². The lowest BCUT2D eigenvalue weighted by atomic mass is 10.1. The summed E-state index contributed by atoms with van der Waals surface area (Å²) in [5.41, 5.74) is 7.24. The van der Waals surface area contributed by atoms with E-state index in [0.717, 1.165) is 11.1 Å². The number of allylic oxidation sites excluding steroid dienone is 1. The summed E-state index contributed by atoms with van der Waals surface area (Å²) in [4.78, 5) is 31.7. The highest BCUT2D eigenvalue weighted by molar-refractivity contribution is 6.29. The largest absolute Gasteiger partial charge is 0.440 e. The van der Waals surface area contributed by atoms with Crippen molar-refractivity contribution in [2.24, 2.45) is 0 Å². The third-order valence-electron chi connectivity index (χ3n) is 4.62. The summed E-state index contributed by atoms with van der Waals surface area (Å²) >= 11 is 6.01. The molecule has 0 saturated carbocycles. The van der Waals surface area contributed by atoms with Crippen LogP contribution in [-0.2, 0) is 6.54 Å². The van der Waals surface area contributed by atoms with Gasteiger partial charge in [0.05, 0.1) is 18.2 Å². The molecule has 0 spiro atoms. The average Bonchev–Trinajstić information content (AvgIpc) is 2.67. The molecular weight excluding hydrogens is 430 g/mol. The Kier molecular flexibility index (Phi) is 6.81. The Morgan fingerprint density at radius 2 is 2.03 bits per heavy atom. The summed E-state index contributed by atoms with van der Waals surface area (Å²) in [6, 6.07) is 10.5. The number of halogens is 1. The first-order valence-electron chi connectivity index (χ1n) is 9.82. The van der Waals surface area contributed by atoms with Crippen molar-refractivity contribution in [3.8, 4) is 17.7 Å². The van der Waals surface area contributed by atoms with Crippen LogP contribution < -0.4 is 21.7 Å². The number of hydrogen-bond acceptors (Lipinski definition) is 6. The summed E-state index contributed by atoms with van der Waals surface area (Å²) in [7, 11) is 0. The molecule has 8 nitrogen and oxygen atoms in total. The number of rotatable bonds is 6. The first-order valence-corrected chi connectivity index (χ1v) is 10.2. The van der Waals surface area contributed by atoms with Gasteiger partial charge in [-0.1, -0.05) is 31.5 Å². The van der Waals surface area contributed by atoms with Crippen molar-refractivity contribution in [3.63, 3.8) is 0 Å². The third-order valence-corrected chi connectivity index (χ3v) is 4.81. The number of nitriles is 1. The molecule has 0 aliphatic rings. The second-order valence-corrected chi connectivity index (χ2v) is 7.97. The topological polar surface area (TPSA) is 127 Å². The van der Waals surface area contributed by atoms with Gasteiger partial charge in [0, 0.05) is 6.08 Å². The van der Waals surface area contributed by atoms with Gasteiger partial charge in [-0.3, -0.25) is 14.3 Å². The summed E-state index contributed by atoms with van der Waals surface area (Å²) in [6.07, 6.45) is 3.01. The number of hydrogen-bond donors (Lipinski definition) is 2. The van der Waals surface area contributed by atoms with E-state index in [1.807, 2.05) is 32.9 Å². The van der Waals surface area contributed by atoms with Gasteiger partial charge in [-0.2, -0.15) is 5.26 Å². The van der Waals surface area contributed by atoms with Gasteiger partial charge < -0.3 is 10.5 Å². The summed E-state index contributed by atoms with van der Waals surface area (Å²) in [6.45, 7) is 5.62. The Hall–Kier alpha value is -3.83. The van der Waals surface area contributed by atoms with Crippen molar-refractivity contribution < 1.29 is 4.74 Å². The number of aromatic amines is 1. The van der Waals surface area contributed by atoms with Crippen LogP contribution in [0.3, 0.4) is 0 Å². The van der Waals surface area contributed by atoms with Gasteiger partial charge in [0.2, 0.25) is 5.88 Å². The van der Waals surface area contributed by atoms with Crippen LogP contribution in [0.5, 0.6) is 11.6 Å².